The lowest BCUT2D eigenvalue weighted by Crippen LogP contribution is -2.41. The Kier molecular flexibility index (Phi) is 4.61. The molecule has 0 saturated heterocycles. The van der Waals surface area contributed by atoms with Crippen LogP contribution in [0, 0.1) is 5.82 Å². The van der Waals surface area contributed by atoms with Crippen LogP contribution in [-0.4, -0.2) is 24.1 Å². The van der Waals surface area contributed by atoms with E-state index in [1.54, 1.807) is 23.6 Å². The first-order chi connectivity index (χ1) is 11.1. The van der Waals surface area contributed by atoms with Crippen molar-refractivity contribution in [2.45, 2.75) is 31.1 Å². The van der Waals surface area contributed by atoms with Crippen LogP contribution in [0.1, 0.15) is 36.3 Å². The van der Waals surface area contributed by atoms with Gasteiger partial charge in [0, 0.05) is 36.0 Å². The average Bonchev–Trinajstić information content (AvgIpc) is 3.13. The van der Waals surface area contributed by atoms with Gasteiger partial charge in [0.15, 0.2) is 0 Å². The van der Waals surface area contributed by atoms with Crippen molar-refractivity contribution in [3.05, 3.63) is 52.2 Å². The summed E-state index contributed by atoms with van der Waals surface area (Å²) in [7, 11) is 0. The summed E-state index contributed by atoms with van der Waals surface area (Å²) >= 11 is 1.58. The van der Waals surface area contributed by atoms with E-state index in [1.807, 2.05) is 24.4 Å². The number of carbonyl (C=O) groups is 1. The fourth-order valence-electron chi connectivity index (χ4n) is 2.71. The zero-order chi connectivity index (χ0) is 16.3. The average molecular weight is 333 g/mol. The van der Waals surface area contributed by atoms with E-state index in [9.17, 15) is 9.18 Å². The van der Waals surface area contributed by atoms with E-state index in [1.165, 1.54) is 6.07 Å². The van der Waals surface area contributed by atoms with Crippen LogP contribution >= 0.6 is 11.3 Å². The Hall–Kier alpha value is -1.95. The molecule has 1 saturated carbocycles. The predicted molar refractivity (Wildman–Crippen MR) is 89.2 cm³/mol. The fourth-order valence-corrected chi connectivity index (χ4v) is 3.40. The maximum atomic E-state index is 13.9. The molecule has 0 radical (unpaired) electrons. The molecule has 1 fully saturated rings. The minimum Gasteiger partial charge on any atom is -0.337 e. The highest BCUT2D eigenvalue weighted by atomic mass is 32.1. The lowest BCUT2D eigenvalue weighted by molar-refractivity contribution is 0.239. The van der Waals surface area contributed by atoms with Crippen LogP contribution in [0.2, 0.25) is 0 Å². The van der Waals surface area contributed by atoms with Crippen LogP contribution in [0.25, 0.3) is 0 Å². The summed E-state index contributed by atoms with van der Waals surface area (Å²) in [6.45, 7) is 3.03. The molecule has 4 nitrogen and oxygen atoms in total. The van der Waals surface area contributed by atoms with E-state index < -0.39 is 0 Å². The van der Waals surface area contributed by atoms with Crippen molar-refractivity contribution >= 4 is 17.4 Å². The Morgan fingerprint density at radius 1 is 1.39 bits per heavy atom. The highest BCUT2D eigenvalue weighted by molar-refractivity contribution is 7.09. The van der Waals surface area contributed by atoms with Gasteiger partial charge >= 0.3 is 6.03 Å². The van der Waals surface area contributed by atoms with Gasteiger partial charge in [-0.25, -0.2) is 14.2 Å². The third-order valence-electron chi connectivity index (χ3n) is 4.33. The van der Waals surface area contributed by atoms with Gasteiger partial charge in [0.05, 0.1) is 5.01 Å². The molecule has 2 aromatic rings. The van der Waals surface area contributed by atoms with Crippen molar-refractivity contribution in [1.82, 2.24) is 15.6 Å². The smallest absolute Gasteiger partial charge is 0.314 e. The van der Waals surface area contributed by atoms with E-state index in [0.29, 0.717) is 18.7 Å². The Bertz CT molecular complexity index is 670. The molecule has 0 aliphatic heterocycles. The number of rotatable bonds is 6. The van der Waals surface area contributed by atoms with E-state index in [-0.39, 0.29) is 23.2 Å². The summed E-state index contributed by atoms with van der Waals surface area (Å²) in [6, 6.07) is 6.61. The van der Waals surface area contributed by atoms with Crippen molar-refractivity contribution in [2.24, 2.45) is 0 Å². The summed E-state index contributed by atoms with van der Waals surface area (Å²) in [6.07, 6.45) is 3.58. The number of thiazole rings is 1. The molecule has 2 N–H and O–H groups in total. The second-order valence-electron chi connectivity index (χ2n) is 6.10. The first-order valence-corrected chi connectivity index (χ1v) is 8.65. The van der Waals surface area contributed by atoms with Gasteiger partial charge in [-0.3, -0.25) is 0 Å². The second-order valence-corrected chi connectivity index (χ2v) is 7.02. The van der Waals surface area contributed by atoms with Gasteiger partial charge in [-0.1, -0.05) is 25.1 Å². The monoisotopic (exact) mass is 333 g/mol. The third kappa shape index (κ3) is 3.69. The van der Waals surface area contributed by atoms with E-state index >= 15 is 0 Å². The maximum absolute atomic E-state index is 13.9. The summed E-state index contributed by atoms with van der Waals surface area (Å²) in [5.74, 6) is -0.00759. The minimum absolute atomic E-state index is 0.183. The molecule has 0 bridgehead atoms. The summed E-state index contributed by atoms with van der Waals surface area (Å²) < 4.78 is 13.9. The van der Waals surface area contributed by atoms with Crippen LogP contribution < -0.4 is 10.6 Å². The van der Waals surface area contributed by atoms with Crippen molar-refractivity contribution in [3.63, 3.8) is 0 Å². The number of nitrogens with one attached hydrogen (secondary N) is 2. The Morgan fingerprint density at radius 2 is 2.17 bits per heavy atom. The molecule has 3 rings (SSSR count). The molecule has 1 heterocycles. The van der Waals surface area contributed by atoms with Crippen molar-refractivity contribution in [1.29, 1.82) is 0 Å². The third-order valence-corrected chi connectivity index (χ3v) is 5.33. The standard InChI is InChI=1S/C17H20FN3OS/c1-12(15-19-8-9-23-15)10-20-16(22)21-11-17(6-7-17)13-4-2-3-5-14(13)18/h2-5,8-9,12H,6-7,10-11H2,1H3,(H2,20,21,22)/t12-/m1/s1. The normalized spacial score (nSPS) is 16.6. The molecule has 2 amide bonds. The Labute approximate surface area is 139 Å². The zero-order valence-electron chi connectivity index (χ0n) is 13.0. The molecule has 122 valence electrons. The highest BCUT2D eigenvalue weighted by Gasteiger charge is 2.45. The van der Waals surface area contributed by atoms with Crippen LogP contribution in [-0.2, 0) is 5.41 Å². The number of nitrogens with zero attached hydrogens (tertiary/aromatic N) is 1. The summed E-state index contributed by atoms with van der Waals surface area (Å²) in [4.78, 5) is 16.2. The second kappa shape index (κ2) is 6.66. The van der Waals surface area contributed by atoms with Crippen molar-refractivity contribution in [2.75, 3.05) is 13.1 Å². The van der Waals surface area contributed by atoms with Gasteiger partial charge in [-0.05, 0) is 24.5 Å². The summed E-state index contributed by atoms with van der Waals surface area (Å²) in [5.41, 5.74) is 0.473. The lowest BCUT2D eigenvalue weighted by atomic mass is 9.95. The SMILES string of the molecule is C[C@H](CNC(=O)NCC1(c2ccccc2F)CC1)c1nccs1. The van der Waals surface area contributed by atoms with Gasteiger partial charge < -0.3 is 10.6 Å². The zero-order valence-corrected chi connectivity index (χ0v) is 13.8. The quantitative estimate of drug-likeness (QED) is 0.851. The maximum Gasteiger partial charge on any atom is 0.314 e. The molecular formula is C17H20FN3OS. The first kappa shape index (κ1) is 15.9. The number of hydrogen-bond acceptors (Lipinski definition) is 3. The Balaban J connectivity index is 1.49. The first-order valence-electron chi connectivity index (χ1n) is 7.77. The number of amides is 2. The van der Waals surface area contributed by atoms with Crippen LogP contribution in [0.3, 0.4) is 0 Å². The van der Waals surface area contributed by atoms with Crippen molar-refractivity contribution in [3.8, 4) is 0 Å². The molecular weight excluding hydrogens is 313 g/mol. The van der Waals surface area contributed by atoms with Crippen LogP contribution in [0.15, 0.2) is 35.8 Å². The largest absolute Gasteiger partial charge is 0.337 e. The molecule has 6 heteroatoms. The molecule has 1 atom stereocenters. The van der Waals surface area contributed by atoms with Gasteiger partial charge in [-0.2, -0.15) is 0 Å². The van der Waals surface area contributed by atoms with Gasteiger partial charge in [-0.15, -0.1) is 11.3 Å². The predicted octanol–water partition coefficient (Wildman–Crippen LogP) is 3.42. The highest BCUT2D eigenvalue weighted by Crippen LogP contribution is 2.48. The lowest BCUT2D eigenvalue weighted by Gasteiger charge is -2.18. The van der Waals surface area contributed by atoms with E-state index in [4.69, 9.17) is 0 Å². The number of aromatic nitrogens is 1. The van der Waals surface area contributed by atoms with Crippen molar-refractivity contribution < 1.29 is 9.18 Å². The molecule has 1 aromatic carbocycles. The van der Waals surface area contributed by atoms with E-state index in [0.717, 1.165) is 17.8 Å². The topological polar surface area (TPSA) is 54.0 Å². The van der Waals surface area contributed by atoms with Gasteiger partial charge in [0.2, 0.25) is 0 Å². The van der Waals surface area contributed by atoms with Gasteiger partial charge in [0.25, 0.3) is 0 Å². The molecule has 23 heavy (non-hydrogen) atoms. The van der Waals surface area contributed by atoms with Crippen LogP contribution in [0.4, 0.5) is 9.18 Å². The molecule has 1 aliphatic carbocycles. The summed E-state index contributed by atoms with van der Waals surface area (Å²) in [5, 5.41) is 8.68. The number of benzene rings is 1. The minimum atomic E-state index is -0.233. The molecule has 0 unspecified atom stereocenters. The molecule has 0 spiro atoms. The molecule has 1 aromatic heterocycles. The Morgan fingerprint density at radius 3 is 2.83 bits per heavy atom. The number of hydrogen-bond donors (Lipinski definition) is 2. The van der Waals surface area contributed by atoms with Crippen LogP contribution in [0.5, 0.6) is 0 Å². The van der Waals surface area contributed by atoms with Gasteiger partial charge in [0.1, 0.15) is 5.82 Å². The fraction of sp³-hybridized carbons (Fsp3) is 0.412. The number of urea groups is 1. The van der Waals surface area contributed by atoms with E-state index in [2.05, 4.69) is 15.6 Å². The molecule has 1 aliphatic rings. The number of halogens is 1. The number of carbonyl (C=O) groups excluding carboxylic acids is 1.